The average molecular weight is 366 g/mol. The van der Waals surface area contributed by atoms with E-state index >= 15 is 0 Å². The molecule has 0 bridgehead atoms. The summed E-state index contributed by atoms with van der Waals surface area (Å²) in [6.07, 6.45) is 12.1. The molecule has 1 aromatic rings. The van der Waals surface area contributed by atoms with E-state index in [0.717, 1.165) is 28.6 Å². The Balaban J connectivity index is 2.75. The van der Waals surface area contributed by atoms with Crippen LogP contribution in [0.25, 0.3) is 6.08 Å². The van der Waals surface area contributed by atoms with Gasteiger partial charge in [0.1, 0.15) is 12.9 Å². The first-order chi connectivity index (χ1) is 13.0. The quantitative estimate of drug-likeness (QED) is 0.152. The number of carbonyl (C=O) groups excluding carboxylic acids is 2. The van der Waals surface area contributed by atoms with E-state index in [9.17, 15) is 9.59 Å². The molecule has 4 nitrogen and oxygen atoms in total. The van der Waals surface area contributed by atoms with Gasteiger partial charge in [-0.25, -0.2) is 4.79 Å². The maximum atomic E-state index is 11.5. The maximum absolute atomic E-state index is 11.5. The van der Waals surface area contributed by atoms with Crippen LogP contribution >= 0.6 is 0 Å². The highest BCUT2D eigenvalue weighted by Crippen LogP contribution is 2.15. The van der Waals surface area contributed by atoms with Gasteiger partial charge in [-0.1, -0.05) is 49.1 Å². The molecule has 0 aliphatic rings. The van der Waals surface area contributed by atoms with Crippen molar-refractivity contribution < 1.29 is 19.1 Å². The fourth-order valence-corrected chi connectivity index (χ4v) is 2.29. The molecule has 0 radical (unpaired) electrons. The average Bonchev–Trinajstić information content (AvgIpc) is 2.67. The van der Waals surface area contributed by atoms with E-state index in [4.69, 9.17) is 4.74 Å². The van der Waals surface area contributed by atoms with Crippen LogP contribution < -0.4 is 0 Å². The topological polar surface area (TPSA) is 52.6 Å². The zero-order valence-corrected chi connectivity index (χ0v) is 16.1. The summed E-state index contributed by atoms with van der Waals surface area (Å²) in [6.45, 7) is 7.87. The molecule has 0 unspecified atom stereocenters. The molecule has 0 amide bonds. The van der Waals surface area contributed by atoms with E-state index in [1.165, 1.54) is 7.11 Å². The Morgan fingerprint density at radius 1 is 1.26 bits per heavy atom. The third kappa shape index (κ3) is 7.74. The molecule has 0 heterocycles. The molecule has 0 aliphatic carbocycles. The van der Waals surface area contributed by atoms with Crippen LogP contribution in [0, 0.1) is 0 Å². The van der Waals surface area contributed by atoms with Gasteiger partial charge in [0.25, 0.3) is 0 Å². The summed E-state index contributed by atoms with van der Waals surface area (Å²) >= 11 is 0. The lowest BCUT2D eigenvalue weighted by atomic mass is 10.0. The third-order valence-corrected chi connectivity index (χ3v) is 3.69. The van der Waals surface area contributed by atoms with E-state index in [1.807, 2.05) is 62.4 Å². The van der Waals surface area contributed by atoms with Gasteiger partial charge in [-0.15, -0.1) is 0 Å². The van der Waals surface area contributed by atoms with Crippen LogP contribution in [-0.4, -0.2) is 26.0 Å². The fourth-order valence-electron chi connectivity index (χ4n) is 2.29. The Labute approximate surface area is 161 Å². The SMILES string of the molecule is C=C(/C=C(\C=C/C)C(/C)=C/OC/C=C\c1ccccc1CC=O)C(=O)OC. The number of esters is 1. The highest BCUT2D eigenvalue weighted by molar-refractivity contribution is 5.91. The molecule has 142 valence electrons. The van der Waals surface area contributed by atoms with E-state index in [2.05, 4.69) is 11.3 Å². The number of hydrogen-bond donors (Lipinski definition) is 0. The predicted molar refractivity (Wildman–Crippen MR) is 109 cm³/mol. The molecule has 0 saturated carbocycles. The first kappa shape index (κ1) is 21.9. The van der Waals surface area contributed by atoms with Crippen LogP contribution in [0.1, 0.15) is 25.0 Å². The molecule has 0 spiro atoms. The van der Waals surface area contributed by atoms with Crippen LogP contribution in [0.2, 0.25) is 0 Å². The van der Waals surface area contributed by atoms with Crippen molar-refractivity contribution in [1.82, 2.24) is 0 Å². The van der Waals surface area contributed by atoms with Crippen molar-refractivity contribution in [3.63, 3.8) is 0 Å². The number of rotatable bonds is 10. The number of ether oxygens (including phenoxy) is 2. The van der Waals surface area contributed by atoms with E-state index < -0.39 is 5.97 Å². The smallest absolute Gasteiger partial charge is 0.337 e. The van der Waals surface area contributed by atoms with Crippen molar-refractivity contribution in [2.75, 3.05) is 13.7 Å². The van der Waals surface area contributed by atoms with Gasteiger partial charge < -0.3 is 14.3 Å². The summed E-state index contributed by atoms with van der Waals surface area (Å²) in [5.74, 6) is -0.470. The van der Waals surface area contributed by atoms with Crippen LogP contribution in [0.4, 0.5) is 0 Å². The molecule has 0 aliphatic heterocycles. The van der Waals surface area contributed by atoms with Crippen molar-refractivity contribution in [3.05, 3.63) is 89.3 Å². The van der Waals surface area contributed by atoms with Gasteiger partial charge in [0.05, 0.1) is 18.9 Å². The summed E-state index contributed by atoms with van der Waals surface area (Å²) < 4.78 is 10.2. The van der Waals surface area contributed by atoms with Gasteiger partial charge in [-0.3, -0.25) is 0 Å². The van der Waals surface area contributed by atoms with Crippen molar-refractivity contribution in [2.45, 2.75) is 20.3 Å². The molecular weight excluding hydrogens is 340 g/mol. The van der Waals surface area contributed by atoms with Crippen molar-refractivity contribution in [1.29, 1.82) is 0 Å². The zero-order valence-electron chi connectivity index (χ0n) is 16.1. The fraction of sp³-hybridized carbons (Fsp3) is 0.217. The molecule has 1 aromatic carbocycles. The number of allylic oxidation sites excluding steroid dienone is 4. The second kappa shape index (κ2) is 12.3. The summed E-state index contributed by atoms with van der Waals surface area (Å²) in [5, 5.41) is 0. The predicted octanol–water partition coefficient (Wildman–Crippen LogP) is 4.59. The largest absolute Gasteiger partial charge is 0.497 e. The Morgan fingerprint density at radius 3 is 2.67 bits per heavy atom. The number of aldehydes is 1. The molecule has 0 N–H and O–H groups in total. The minimum absolute atomic E-state index is 0.269. The molecule has 27 heavy (non-hydrogen) atoms. The lowest BCUT2D eigenvalue weighted by Gasteiger charge is -2.05. The third-order valence-electron chi connectivity index (χ3n) is 3.69. The first-order valence-electron chi connectivity index (χ1n) is 8.61. The van der Waals surface area contributed by atoms with Crippen LogP contribution in [0.15, 0.2) is 78.1 Å². The minimum atomic E-state index is -0.470. The van der Waals surface area contributed by atoms with E-state index in [1.54, 1.807) is 12.3 Å². The Kier molecular flexibility index (Phi) is 9.94. The van der Waals surface area contributed by atoms with Gasteiger partial charge in [-0.05, 0) is 48.3 Å². The molecule has 0 atom stereocenters. The summed E-state index contributed by atoms with van der Waals surface area (Å²) in [5.41, 5.74) is 3.92. The van der Waals surface area contributed by atoms with Crippen molar-refractivity contribution in [2.24, 2.45) is 0 Å². The molecule has 4 heteroatoms. The lowest BCUT2D eigenvalue weighted by Crippen LogP contribution is -2.02. The Morgan fingerprint density at radius 2 is 2.00 bits per heavy atom. The Bertz CT molecular complexity index is 779. The van der Waals surface area contributed by atoms with Crippen LogP contribution in [0.5, 0.6) is 0 Å². The van der Waals surface area contributed by atoms with Crippen LogP contribution in [0.3, 0.4) is 0 Å². The molecular formula is C23H26O4. The molecule has 0 saturated heterocycles. The zero-order chi connectivity index (χ0) is 20.1. The summed E-state index contributed by atoms with van der Waals surface area (Å²) in [7, 11) is 1.32. The van der Waals surface area contributed by atoms with E-state index in [-0.39, 0.29) is 5.57 Å². The van der Waals surface area contributed by atoms with Crippen molar-refractivity contribution >= 4 is 18.3 Å². The molecule has 1 rings (SSSR count). The standard InChI is InChI=1S/C23H26O4/c1-5-9-22(16-18(2)23(25)26-4)19(3)17-27-15-8-12-20-10-6-7-11-21(20)13-14-24/h5-12,14,16-17H,2,13,15H2,1,3-4H3/b9-5-,12-8-,19-17+,22-16+. The van der Waals surface area contributed by atoms with Gasteiger partial charge in [0, 0.05) is 6.42 Å². The second-order valence-electron chi connectivity index (χ2n) is 5.72. The molecule has 0 fully saturated rings. The monoisotopic (exact) mass is 366 g/mol. The molecule has 0 aromatic heterocycles. The number of benzene rings is 1. The minimum Gasteiger partial charge on any atom is -0.497 e. The number of methoxy groups -OCH3 is 1. The second-order valence-corrected chi connectivity index (χ2v) is 5.72. The number of carbonyl (C=O) groups is 2. The lowest BCUT2D eigenvalue weighted by molar-refractivity contribution is -0.135. The van der Waals surface area contributed by atoms with Gasteiger partial charge in [-0.2, -0.15) is 0 Å². The van der Waals surface area contributed by atoms with Gasteiger partial charge in [0.2, 0.25) is 0 Å². The highest BCUT2D eigenvalue weighted by Gasteiger charge is 2.05. The van der Waals surface area contributed by atoms with E-state index in [0.29, 0.717) is 13.0 Å². The van der Waals surface area contributed by atoms with Crippen LogP contribution in [-0.2, 0) is 25.5 Å². The first-order valence-corrected chi connectivity index (χ1v) is 8.61. The highest BCUT2D eigenvalue weighted by atomic mass is 16.5. The van der Waals surface area contributed by atoms with Gasteiger partial charge >= 0.3 is 5.97 Å². The number of hydrogen-bond acceptors (Lipinski definition) is 4. The van der Waals surface area contributed by atoms with Crippen molar-refractivity contribution in [3.8, 4) is 0 Å². The Hall–Kier alpha value is -3.14. The summed E-state index contributed by atoms with van der Waals surface area (Å²) in [4.78, 5) is 22.2. The van der Waals surface area contributed by atoms with Gasteiger partial charge in [0.15, 0.2) is 0 Å². The summed E-state index contributed by atoms with van der Waals surface area (Å²) in [6, 6.07) is 7.74. The maximum Gasteiger partial charge on any atom is 0.337 e. The normalized spacial score (nSPS) is 12.4.